The second kappa shape index (κ2) is 9.34. The van der Waals surface area contributed by atoms with Crippen LogP contribution in [-0.2, 0) is 17.5 Å². The predicted molar refractivity (Wildman–Crippen MR) is 111 cm³/mol. The van der Waals surface area contributed by atoms with Crippen molar-refractivity contribution < 1.29 is 22.4 Å². The van der Waals surface area contributed by atoms with Gasteiger partial charge in [-0.1, -0.05) is 35.9 Å². The first-order valence-corrected chi connectivity index (χ1v) is 9.76. The van der Waals surface area contributed by atoms with E-state index in [1.165, 1.54) is 29.2 Å². The Balaban J connectivity index is 1.75. The topological polar surface area (TPSA) is 59.2 Å². The number of hydrogen-bond donors (Lipinski definition) is 0. The van der Waals surface area contributed by atoms with Crippen LogP contribution in [0.2, 0.25) is 5.02 Å². The molecule has 31 heavy (non-hydrogen) atoms. The first-order valence-electron chi connectivity index (χ1n) is 9.38. The van der Waals surface area contributed by atoms with Gasteiger partial charge in [0.25, 0.3) is 0 Å². The average Bonchev–Trinajstić information content (AvgIpc) is 3.18. The van der Waals surface area contributed by atoms with Crippen molar-refractivity contribution in [3.8, 4) is 11.5 Å². The van der Waals surface area contributed by atoms with E-state index < -0.39 is 17.6 Å². The van der Waals surface area contributed by atoms with Crippen LogP contribution in [0.4, 0.5) is 13.2 Å². The summed E-state index contributed by atoms with van der Waals surface area (Å²) in [6.45, 7) is 3.66. The van der Waals surface area contributed by atoms with Crippen molar-refractivity contribution in [2.45, 2.75) is 32.6 Å². The molecule has 0 atom stereocenters. The maximum atomic E-state index is 12.9. The summed E-state index contributed by atoms with van der Waals surface area (Å²) in [5.41, 5.74) is 0.0706. The fourth-order valence-electron chi connectivity index (χ4n) is 2.80. The number of benzene rings is 2. The molecule has 2 aromatic carbocycles. The van der Waals surface area contributed by atoms with E-state index in [0.717, 1.165) is 12.1 Å². The van der Waals surface area contributed by atoms with Gasteiger partial charge in [-0.25, -0.2) is 0 Å². The van der Waals surface area contributed by atoms with Gasteiger partial charge in [-0.15, -0.1) is 10.2 Å². The summed E-state index contributed by atoms with van der Waals surface area (Å²) >= 11 is 6.14. The molecule has 0 saturated carbocycles. The minimum absolute atomic E-state index is 0.0425. The molecular weight excluding hydrogens is 431 g/mol. The molecule has 0 fully saturated rings. The highest BCUT2D eigenvalue weighted by molar-refractivity contribution is 6.33. The number of carbonyl (C=O) groups is 1. The van der Waals surface area contributed by atoms with E-state index >= 15 is 0 Å². The summed E-state index contributed by atoms with van der Waals surface area (Å²) < 4.78 is 44.2. The van der Waals surface area contributed by atoms with Gasteiger partial charge in [-0.3, -0.25) is 4.79 Å². The Labute approximate surface area is 182 Å². The van der Waals surface area contributed by atoms with E-state index in [1.54, 1.807) is 38.1 Å². The second-order valence-electron chi connectivity index (χ2n) is 7.00. The molecule has 0 saturated heterocycles. The SMILES string of the molecule is CC(C)N(Cc1nnc(-c2ccccc2Cl)o1)C(=O)/C=C/c1cccc(C(F)(F)F)c1. The number of rotatable bonds is 6. The fraction of sp³-hybridized carbons (Fsp3) is 0.227. The van der Waals surface area contributed by atoms with Crippen LogP contribution in [0.1, 0.15) is 30.9 Å². The minimum Gasteiger partial charge on any atom is -0.419 e. The number of alkyl halides is 3. The van der Waals surface area contributed by atoms with Crippen molar-refractivity contribution in [1.82, 2.24) is 15.1 Å². The van der Waals surface area contributed by atoms with E-state index in [1.807, 2.05) is 0 Å². The first-order chi connectivity index (χ1) is 14.6. The maximum Gasteiger partial charge on any atom is 0.416 e. The van der Waals surface area contributed by atoms with Crippen LogP contribution < -0.4 is 0 Å². The van der Waals surface area contributed by atoms with Crippen molar-refractivity contribution in [1.29, 1.82) is 0 Å². The number of hydrogen-bond acceptors (Lipinski definition) is 4. The van der Waals surface area contributed by atoms with E-state index in [9.17, 15) is 18.0 Å². The number of carbonyl (C=O) groups excluding carboxylic acids is 1. The summed E-state index contributed by atoms with van der Waals surface area (Å²) in [6, 6.07) is 11.5. The molecule has 1 aromatic heterocycles. The van der Waals surface area contributed by atoms with Crippen molar-refractivity contribution in [2.24, 2.45) is 0 Å². The summed E-state index contributed by atoms with van der Waals surface area (Å²) in [6.07, 6.45) is -1.88. The molecule has 0 aliphatic rings. The number of nitrogens with zero attached hydrogens (tertiary/aromatic N) is 3. The van der Waals surface area contributed by atoms with Crippen molar-refractivity contribution in [3.63, 3.8) is 0 Å². The molecular formula is C22H19ClF3N3O2. The zero-order valence-corrected chi connectivity index (χ0v) is 17.5. The van der Waals surface area contributed by atoms with Crippen LogP contribution in [0.3, 0.4) is 0 Å². The lowest BCUT2D eigenvalue weighted by atomic mass is 10.1. The van der Waals surface area contributed by atoms with Crippen molar-refractivity contribution >= 4 is 23.6 Å². The van der Waals surface area contributed by atoms with Crippen LogP contribution in [0.25, 0.3) is 17.5 Å². The highest BCUT2D eigenvalue weighted by atomic mass is 35.5. The van der Waals surface area contributed by atoms with Gasteiger partial charge in [0, 0.05) is 12.1 Å². The molecule has 0 aliphatic carbocycles. The Morgan fingerprint density at radius 1 is 1.16 bits per heavy atom. The third-order valence-corrected chi connectivity index (χ3v) is 4.75. The minimum atomic E-state index is -4.45. The fourth-order valence-corrected chi connectivity index (χ4v) is 3.02. The average molecular weight is 450 g/mol. The first kappa shape index (κ1) is 22.6. The van der Waals surface area contributed by atoms with Crippen LogP contribution in [0.5, 0.6) is 0 Å². The Hall–Kier alpha value is -3.13. The zero-order chi connectivity index (χ0) is 22.6. The molecule has 1 amide bonds. The van der Waals surface area contributed by atoms with Crippen LogP contribution in [0, 0.1) is 0 Å². The van der Waals surface area contributed by atoms with Crippen LogP contribution in [0.15, 0.2) is 59.0 Å². The molecule has 0 aliphatic heterocycles. The third kappa shape index (κ3) is 5.73. The molecule has 5 nitrogen and oxygen atoms in total. The quantitative estimate of drug-likeness (QED) is 0.442. The molecule has 0 radical (unpaired) electrons. The molecule has 162 valence electrons. The molecule has 0 N–H and O–H groups in total. The molecule has 0 unspecified atom stereocenters. The summed E-state index contributed by atoms with van der Waals surface area (Å²) in [7, 11) is 0. The summed E-state index contributed by atoms with van der Waals surface area (Å²) in [5.74, 6) is 0.0469. The molecule has 1 heterocycles. The number of aromatic nitrogens is 2. The molecule has 0 bridgehead atoms. The standard InChI is InChI=1S/C22H19ClF3N3O2/c1-14(2)29(13-19-27-28-21(31-19)17-8-3-4-9-18(17)23)20(30)11-10-15-6-5-7-16(12-15)22(24,25)26/h3-12,14H,13H2,1-2H3/b11-10+. The van der Waals surface area contributed by atoms with Crippen molar-refractivity contribution in [3.05, 3.63) is 76.6 Å². The van der Waals surface area contributed by atoms with Gasteiger partial charge in [0.1, 0.15) is 0 Å². The van der Waals surface area contributed by atoms with Crippen LogP contribution >= 0.6 is 11.6 Å². The largest absolute Gasteiger partial charge is 0.419 e. The van der Waals surface area contributed by atoms with E-state index in [0.29, 0.717) is 10.6 Å². The lowest BCUT2D eigenvalue weighted by Crippen LogP contribution is -2.35. The van der Waals surface area contributed by atoms with Gasteiger partial charge in [-0.05, 0) is 49.8 Å². The summed E-state index contributed by atoms with van der Waals surface area (Å²) in [5, 5.41) is 8.42. The van der Waals surface area contributed by atoms with Crippen LogP contribution in [-0.4, -0.2) is 27.0 Å². The molecule has 3 aromatic rings. The Morgan fingerprint density at radius 2 is 1.90 bits per heavy atom. The van der Waals surface area contributed by atoms with Gasteiger partial charge >= 0.3 is 6.18 Å². The normalized spacial score (nSPS) is 12.0. The lowest BCUT2D eigenvalue weighted by Gasteiger charge is -2.23. The maximum absolute atomic E-state index is 12.9. The van der Waals surface area contributed by atoms with Crippen molar-refractivity contribution in [2.75, 3.05) is 0 Å². The molecule has 3 rings (SSSR count). The summed E-state index contributed by atoms with van der Waals surface area (Å²) in [4.78, 5) is 14.1. The molecule has 0 spiro atoms. The van der Waals surface area contributed by atoms with E-state index in [4.69, 9.17) is 16.0 Å². The highest BCUT2D eigenvalue weighted by Gasteiger charge is 2.30. The zero-order valence-electron chi connectivity index (χ0n) is 16.7. The van der Waals surface area contributed by atoms with Gasteiger partial charge in [0.05, 0.1) is 22.7 Å². The van der Waals surface area contributed by atoms with E-state index in [-0.39, 0.29) is 29.9 Å². The Bertz CT molecular complexity index is 1090. The monoisotopic (exact) mass is 449 g/mol. The Kier molecular flexibility index (Phi) is 6.80. The smallest absolute Gasteiger partial charge is 0.416 e. The van der Waals surface area contributed by atoms with Gasteiger partial charge in [0.15, 0.2) is 0 Å². The predicted octanol–water partition coefficient (Wildman–Crippen LogP) is 5.86. The van der Waals surface area contributed by atoms with Gasteiger partial charge < -0.3 is 9.32 Å². The number of halogens is 4. The Morgan fingerprint density at radius 3 is 2.58 bits per heavy atom. The third-order valence-electron chi connectivity index (χ3n) is 4.42. The number of amides is 1. The van der Waals surface area contributed by atoms with Gasteiger partial charge in [0.2, 0.25) is 17.7 Å². The molecule has 9 heteroatoms. The van der Waals surface area contributed by atoms with Gasteiger partial charge in [-0.2, -0.15) is 13.2 Å². The van der Waals surface area contributed by atoms with E-state index in [2.05, 4.69) is 10.2 Å². The highest BCUT2D eigenvalue weighted by Crippen LogP contribution is 2.30. The second-order valence-corrected chi connectivity index (χ2v) is 7.40. The lowest BCUT2D eigenvalue weighted by molar-refractivity contribution is -0.137.